The van der Waals surface area contributed by atoms with Crippen LogP contribution in [0.4, 0.5) is 0 Å². The van der Waals surface area contributed by atoms with Crippen LogP contribution in [-0.4, -0.2) is 19.1 Å². The van der Waals surface area contributed by atoms with E-state index < -0.39 is 0 Å². The maximum atomic E-state index is 12.0. The number of ether oxygens (including phenoxy) is 1. The largest absolute Gasteiger partial charge is 0.483 e. The first-order valence-electron chi connectivity index (χ1n) is 8.97. The number of rotatable bonds is 7. The average molecular weight is 358 g/mol. The second-order valence-electron chi connectivity index (χ2n) is 6.47. The van der Waals surface area contributed by atoms with Crippen LogP contribution in [0.3, 0.4) is 0 Å². The summed E-state index contributed by atoms with van der Waals surface area (Å²) in [7, 11) is 0. The highest BCUT2D eigenvalue weighted by atomic mass is 35.5. The fourth-order valence-electron chi connectivity index (χ4n) is 3.25. The lowest BCUT2D eigenvalue weighted by Gasteiger charge is -2.19. The van der Waals surface area contributed by atoms with E-state index in [1.54, 1.807) is 0 Å². The molecule has 0 atom stereocenters. The zero-order valence-corrected chi connectivity index (χ0v) is 15.1. The Hall–Kier alpha value is -2.00. The third-order valence-electron chi connectivity index (χ3n) is 4.59. The van der Waals surface area contributed by atoms with Crippen molar-refractivity contribution >= 4 is 17.5 Å². The van der Waals surface area contributed by atoms with Crippen LogP contribution in [0.25, 0.3) is 0 Å². The maximum Gasteiger partial charge on any atom is 0.257 e. The minimum absolute atomic E-state index is 0.0653. The standard InChI is InChI=1S/C21H24ClNO2/c22-18-12-10-16(11-13-18)5-4-14-23-21(24)15-25-20-9-3-7-17-6-1-2-8-19(17)20/h3,7,9-13H,1-2,4-6,8,14-15H2,(H,23,24). The molecule has 0 aromatic heterocycles. The zero-order chi connectivity index (χ0) is 17.5. The van der Waals surface area contributed by atoms with Gasteiger partial charge in [0.25, 0.3) is 5.91 Å². The second-order valence-corrected chi connectivity index (χ2v) is 6.91. The summed E-state index contributed by atoms with van der Waals surface area (Å²) in [6, 6.07) is 14.0. The zero-order valence-electron chi connectivity index (χ0n) is 14.4. The van der Waals surface area contributed by atoms with Crippen molar-refractivity contribution in [2.45, 2.75) is 38.5 Å². The monoisotopic (exact) mass is 357 g/mol. The summed E-state index contributed by atoms with van der Waals surface area (Å²) in [5, 5.41) is 3.67. The molecule has 0 heterocycles. The number of carbonyl (C=O) groups excluding carboxylic acids is 1. The summed E-state index contributed by atoms with van der Waals surface area (Å²) in [6.07, 6.45) is 6.42. The number of carbonyl (C=O) groups is 1. The van der Waals surface area contributed by atoms with Gasteiger partial charge < -0.3 is 10.1 Å². The van der Waals surface area contributed by atoms with Crippen molar-refractivity contribution in [2.75, 3.05) is 13.2 Å². The van der Waals surface area contributed by atoms with Crippen LogP contribution in [-0.2, 0) is 24.1 Å². The first-order chi connectivity index (χ1) is 12.2. The molecule has 0 unspecified atom stereocenters. The normalized spacial score (nSPS) is 13.2. The van der Waals surface area contributed by atoms with Crippen molar-refractivity contribution in [3.05, 3.63) is 64.2 Å². The lowest BCUT2D eigenvalue weighted by molar-refractivity contribution is -0.123. The summed E-state index contributed by atoms with van der Waals surface area (Å²) in [5.41, 5.74) is 3.88. The molecule has 0 spiro atoms. The molecular formula is C21H24ClNO2. The van der Waals surface area contributed by atoms with Crippen molar-refractivity contribution in [3.63, 3.8) is 0 Å². The Balaban J connectivity index is 1.39. The molecule has 0 saturated heterocycles. The van der Waals surface area contributed by atoms with Crippen molar-refractivity contribution in [1.82, 2.24) is 5.32 Å². The van der Waals surface area contributed by atoms with Gasteiger partial charge in [-0.15, -0.1) is 0 Å². The van der Waals surface area contributed by atoms with Gasteiger partial charge in [-0.25, -0.2) is 0 Å². The van der Waals surface area contributed by atoms with Crippen LogP contribution in [0.2, 0.25) is 5.02 Å². The summed E-state index contributed by atoms with van der Waals surface area (Å²) < 4.78 is 5.77. The van der Waals surface area contributed by atoms with E-state index in [4.69, 9.17) is 16.3 Å². The number of hydrogen-bond acceptors (Lipinski definition) is 2. The smallest absolute Gasteiger partial charge is 0.257 e. The number of hydrogen-bond donors (Lipinski definition) is 1. The van der Waals surface area contributed by atoms with E-state index in [1.807, 2.05) is 36.4 Å². The van der Waals surface area contributed by atoms with E-state index in [9.17, 15) is 4.79 Å². The van der Waals surface area contributed by atoms with E-state index in [0.717, 1.165) is 36.5 Å². The fourth-order valence-corrected chi connectivity index (χ4v) is 3.37. The molecule has 0 bridgehead atoms. The number of fused-ring (bicyclic) bond motifs is 1. The average Bonchev–Trinajstić information content (AvgIpc) is 2.65. The highest BCUT2D eigenvalue weighted by Gasteiger charge is 2.14. The lowest BCUT2D eigenvalue weighted by atomic mass is 9.91. The fraction of sp³-hybridized carbons (Fsp3) is 0.381. The lowest BCUT2D eigenvalue weighted by Crippen LogP contribution is -2.30. The van der Waals surface area contributed by atoms with Crippen LogP contribution in [0.15, 0.2) is 42.5 Å². The third kappa shape index (κ3) is 5.23. The van der Waals surface area contributed by atoms with Gasteiger partial charge in [-0.1, -0.05) is 35.9 Å². The van der Waals surface area contributed by atoms with Crippen molar-refractivity contribution < 1.29 is 9.53 Å². The van der Waals surface area contributed by atoms with Crippen LogP contribution < -0.4 is 10.1 Å². The molecule has 132 valence electrons. The van der Waals surface area contributed by atoms with Crippen LogP contribution in [0.5, 0.6) is 5.75 Å². The molecule has 0 fully saturated rings. The Bertz CT molecular complexity index is 712. The van der Waals surface area contributed by atoms with Gasteiger partial charge >= 0.3 is 0 Å². The molecular weight excluding hydrogens is 334 g/mol. The SMILES string of the molecule is O=C(COc1cccc2c1CCCC2)NCCCc1ccc(Cl)cc1. The van der Waals surface area contributed by atoms with E-state index in [2.05, 4.69) is 11.4 Å². The van der Waals surface area contributed by atoms with Gasteiger partial charge in [-0.05, 0) is 73.4 Å². The molecule has 3 rings (SSSR count). The highest BCUT2D eigenvalue weighted by molar-refractivity contribution is 6.30. The molecule has 1 amide bonds. The number of amides is 1. The van der Waals surface area contributed by atoms with Gasteiger partial charge in [-0.3, -0.25) is 4.79 Å². The van der Waals surface area contributed by atoms with E-state index in [0.29, 0.717) is 6.54 Å². The van der Waals surface area contributed by atoms with E-state index in [-0.39, 0.29) is 12.5 Å². The van der Waals surface area contributed by atoms with Gasteiger partial charge in [0.15, 0.2) is 6.61 Å². The number of halogens is 1. The topological polar surface area (TPSA) is 38.3 Å². The number of benzene rings is 2. The molecule has 0 saturated carbocycles. The molecule has 0 aliphatic heterocycles. The van der Waals surface area contributed by atoms with Gasteiger partial charge in [-0.2, -0.15) is 0 Å². The van der Waals surface area contributed by atoms with Crippen molar-refractivity contribution in [3.8, 4) is 5.75 Å². The molecule has 4 heteroatoms. The van der Waals surface area contributed by atoms with E-state index in [1.165, 1.54) is 29.5 Å². The van der Waals surface area contributed by atoms with E-state index >= 15 is 0 Å². The Morgan fingerprint density at radius 2 is 1.88 bits per heavy atom. The molecule has 3 nitrogen and oxygen atoms in total. The molecule has 2 aromatic rings. The maximum absolute atomic E-state index is 12.0. The first kappa shape index (κ1) is 17.8. The third-order valence-corrected chi connectivity index (χ3v) is 4.84. The Morgan fingerprint density at radius 1 is 1.08 bits per heavy atom. The molecule has 1 N–H and O–H groups in total. The van der Waals surface area contributed by atoms with Gasteiger partial charge in [0.05, 0.1) is 0 Å². The van der Waals surface area contributed by atoms with Gasteiger partial charge in [0, 0.05) is 11.6 Å². The van der Waals surface area contributed by atoms with Crippen LogP contribution in [0.1, 0.15) is 36.0 Å². The molecule has 25 heavy (non-hydrogen) atoms. The summed E-state index contributed by atoms with van der Waals surface area (Å²) in [4.78, 5) is 12.0. The van der Waals surface area contributed by atoms with Crippen LogP contribution in [0, 0.1) is 0 Å². The second kappa shape index (κ2) is 8.91. The van der Waals surface area contributed by atoms with Crippen molar-refractivity contribution in [2.24, 2.45) is 0 Å². The number of nitrogens with one attached hydrogen (secondary N) is 1. The Kier molecular flexibility index (Phi) is 6.35. The minimum atomic E-state index is -0.0653. The molecule has 0 radical (unpaired) electrons. The summed E-state index contributed by atoms with van der Waals surface area (Å²) in [6.45, 7) is 0.731. The number of aryl methyl sites for hydroxylation is 2. The summed E-state index contributed by atoms with van der Waals surface area (Å²) >= 11 is 5.87. The highest BCUT2D eigenvalue weighted by Crippen LogP contribution is 2.29. The minimum Gasteiger partial charge on any atom is -0.483 e. The predicted octanol–water partition coefficient (Wildman–Crippen LogP) is 4.35. The first-order valence-corrected chi connectivity index (χ1v) is 9.35. The summed E-state index contributed by atoms with van der Waals surface area (Å²) in [5.74, 6) is 0.804. The quantitative estimate of drug-likeness (QED) is 0.748. The molecule has 1 aliphatic rings. The van der Waals surface area contributed by atoms with Gasteiger partial charge in [0.1, 0.15) is 5.75 Å². The van der Waals surface area contributed by atoms with Crippen LogP contribution >= 0.6 is 11.6 Å². The molecule has 2 aromatic carbocycles. The molecule has 1 aliphatic carbocycles. The van der Waals surface area contributed by atoms with Crippen molar-refractivity contribution in [1.29, 1.82) is 0 Å². The Morgan fingerprint density at radius 3 is 2.72 bits per heavy atom. The van der Waals surface area contributed by atoms with Gasteiger partial charge in [0.2, 0.25) is 0 Å². The Labute approximate surface area is 154 Å². The predicted molar refractivity (Wildman–Crippen MR) is 101 cm³/mol.